The lowest BCUT2D eigenvalue weighted by Crippen LogP contribution is -2.25. The van der Waals surface area contributed by atoms with Crippen LogP contribution in [-0.2, 0) is 0 Å². The van der Waals surface area contributed by atoms with Crippen molar-refractivity contribution >= 4 is 11.8 Å². The molecule has 2 heteroatoms. The zero-order valence-electron chi connectivity index (χ0n) is 10.9. The van der Waals surface area contributed by atoms with E-state index in [-0.39, 0.29) is 0 Å². The van der Waals surface area contributed by atoms with Crippen molar-refractivity contribution in [2.24, 2.45) is 5.92 Å². The van der Waals surface area contributed by atoms with Crippen LogP contribution in [0.15, 0.2) is 29.2 Å². The Bertz CT molecular complexity index is 329. The maximum Gasteiger partial charge on any atom is 0.0322 e. The van der Waals surface area contributed by atoms with Crippen molar-refractivity contribution in [1.82, 2.24) is 5.32 Å². The molecule has 0 saturated heterocycles. The van der Waals surface area contributed by atoms with Gasteiger partial charge in [0.15, 0.2) is 0 Å². The highest BCUT2D eigenvalue weighted by molar-refractivity contribution is 7.98. The number of nitrogens with one attached hydrogen (secondary N) is 1. The van der Waals surface area contributed by atoms with Crippen molar-refractivity contribution in [2.45, 2.75) is 43.5 Å². The summed E-state index contributed by atoms with van der Waals surface area (Å²) in [7, 11) is 0. The summed E-state index contributed by atoms with van der Waals surface area (Å²) in [4.78, 5) is 1.35. The molecule has 0 heterocycles. The second-order valence-electron chi connectivity index (χ2n) is 4.92. The number of benzene rings is 1. The summed E-state index contributed by atoms with van der Waals surface area (Å²) in [6.07, 6.45) is 7.75. The van der Waals surface area contributed by atoms with Gasteiger partial charge < -0.3 is 5.32 Å². The fraction of sp³-hybridized carbons (Fsp3) is 0.600. The van der Waals surface area contributed by atoms with Crippen LogP contribution in [0.3, 0.4) is 0 Å². The lowest BCUT2D eigenvalue weighted by Gasteiger charge is -2.30. The van der Waals surface area contributed by atoms with Gasteiger partial charge in [-0.1, -0.05) is 38.3 Å². The largest absolute Gasteiger partial charge is 0.310 e. The van der Waals surface area contributed by atoms with Gasteiger partial charge in [-0.25, -0.2) is 0 Å². The molecule has 1 unspecified atom stereocenters. The van der Waals surface area contributed by atoms with Crippen LogP contribution in [-0.4, -0.2) is 12.8 Å². The van der Waals surface area contributed by atoms with Crippen LogP contribution in [0.5, 0.6) is 0 Å². The van der Waals surface area contributed by atoms with Gasteiger partial charge in [0.1, 0.15) is 0 Å². The zero-order chi connectivity index (χ0) is 12.1. The molecular formula is C15H23NS. The highest BCUT2D eigenvalue weighted by Gasteiger charge is 2.22. The SMILES string of the molecule is CCNC(CC1CCC1)c1ccc(SC)cc1. The third-order valence-corrected chi connectivity index (χ3v) is 4.51. The first-order chi connectivity index (χ1) is 8.33. The highest BCUT2D eigenvalue weighted by atomic mass is 32.2. The standard InChI is InChI=1S/C15H23NS/c1-3-16-15(11-12-5-4-6-12)13-7-9-14(17-2)10-8-13/h7-10,12,15-16H,3-6,11H2,1-2H3. The van der Waals surface area contributed by atoms with Gasteiger partial charge in [0.25, 0.3) is 0 Å². The van der Waals surface area contributed by atoms with Gasteiger partial charge >= 0.3 is 0 Å². The second-order valence-corrected chi connectivity index (χ2v) is 5.80. The van der Waals surface area contributed by atoms with Crippen molar-refractivity contribution in [2.75, 3.05) is 12.8 Å². The first kappa shape index (κ1) is 13.0. The van der Waals surface area contributed by atoms with Gasteiger partial charge in [-0.2, -0.15) is 0 Å². The molecule has 94 valence electrons. The van der Waals surface area contributed by atoms with E-state index in [1.807, 2.05) is 11.8 Å². The van der Waals surface area contributed by atoms with Gasteiger partial charge in [0, 0.05) is 10.9 Å². The predicted octanol–water partition coefficient (Wildman–Crippen LogP) is 4.25. The van der Waals surface area contributed by atoms with E-state index >= 15 is 0 Å². The van der Waals surface area contributed by atoms with E-state index in [2.05, 4.69) is 42.8 Å². The molecule has 1 aliphatic carbocycles. The summed E-state index contributed by atoms with van der Waals surface area (Å²) in [6, 6.07) is 9.62. The maximum atomic E-state index is 3.63. The molecular weight excluding hydrogens is 226 g/mol. The van der Waals surface area contributed by atoms with Gasteiger partial charge in [0.05, 0.1) is 0 Å². The normalized spacial score (nSPS) is 17.8. The minimum atomic E-state index is 0.557. The van der Waals surface area contributed by atoms with E-state index in [1.54, 1.807) is 0 Å². The molecule has 0 aromatic heterocycles. The van der Waals surface area contributed by atoms with Crippen LogP contribution in [0, 0.1) is 5.92 Å². The van der Waals surface area contributed by atoms with Crippen molar-refractivity contribution < 1.29 is 0 Å². The fourth-order valence-corrected chi connectivity index (χ4v) is 2.89. The van der Waals surface area contributed by atoms with E-state index < -0.39 is 0 Å². The summed E-state index contributed by atoms with van der Waals surface area (Å²) in [5, 5.41) is 3.63. The van der Waals surface area contributed by atoms with Gasteiger partial charge in [-0.05, 0) is 42.8 Å². The van der Waals surface area contributed by atoms with E-state index in [9.17, 15) is 0 Å². The molecule has 2 rings (SSSR count). The minimum Gasteiger partial charge on any atom is -0.310 e. The maximum absolute atomic E-state index is 3.63. The molecule has 1 atom stereocenters. The Labute approximate surface area is 109 Å². The minimum absolute atomic E-state index is 0.557. The predicted molar refractivity (Wildman–Crippen MR) is 76.6 cm³/mol. The average Bonchev–Trinajstić information content (AvgIpc) is 2.32. The lowest BCUT2D eigenvalue weighted by molar-refractivity contribution is 0.262. The third kappa shape index (κ3) is 3.49. The molecule has 1 N–H and O–H groups in total. The molecule has 1 fully saturated rings. The number of rotatable bonds is 6. The molecule has 0 aliphatic heterocycles. The summed E-state index contributed by atoms with van der Waals surface area (Å²) in [5.41, 5.74) is 1.46. The van der Waals surface area contributed by atoms with Gasteiger partial charge in [0.2, 0.25) is 0 Å². The van der Waals surface area contributed by atoms with Crippen molar-refractivity contribution in [3.05, 3.63) is 29.8 Å². The Hall–Kier alpha value is -0.470. The Balaban J connectivity index is 2.01. The smallest absolute Gasteiger partial charge is 0.0322 e. The molecule has 1 saturated carbocycles. The molecule has 1 aromatic carbocycles. The molecule has 0 bridgehead atoms. The van der Waals surface area contributed by atoms with E-state index in [0.717, 1.165) is 12.5 Å². The Kier molecular flexibility index (Phi) is 4.93. The molecule has 17 heavy (non-hydrogen) atoms. The highest BCUT2D eigenvalue weighted by Crippen LogP contribution is 2.35. The van der Waals surface area contributed by atoms with Crippen molar-refractivity contribution in [1.29, 1.82) is 0 Å². The fourth-order valence-electron chi connectivity index (χ4n) is 2.48. The van der Waals surface area contributed by atoms with Gasteiger partial charge in [-0.3, -0.25) is 0 Å². The topological polar surface area (TPSA) is 12.0 Å². The first-order valence-corrected chi connectivity index (χ1v) is 7.93. The summed E-state index contributed by atoms with van der Waals surface area (Å²) >= 11 is 1.81. The van der Waals surface area contributed by atoms with Crippen LogP contribution in [0.1, 0.15) is 44.2 Å². The molecule has 1 nitrogen and oxygen atoms in total. The molecule has 0 spiro atoms. The van der Waals surface area contributed by atoms with E-state index in [4.69, 9.17) is 0 Å². The monoisotopic (exact) mass is 249 g/mol. The third-order valence-electron chi connectivity index (χ3n) is 3.76. The molecule has 0 amide bonds. The van der Waals surface area contributed by atoms with E-state index in [1.165, 1.54) is 36.1 Å². The Morgan fingerprint density at radius 2 is 2.00 bits per heavy atom. The second kappa shape index (κ2) is 6.46. The number of hydrogen-bond acceptors (Lipinski definition) is 2. The van der Waals surface area contributed by atoms with Crippen LogP contribution < -0.4 is 5.32 Å². The molecule has 1 aromatic rings. The molecule has 0 radical (unpaired) electrons. The van der Waals surface area contributed by atoms with Crippen molar-refractivity contribution in [3.8, 4) is 0 Å². The summed E-state index contributed by atoms with van der Waals surface area (Å²) < 4.78 is 0. The lowest BCUT2D eigenvalue weighted by atomic mass is 9.79. The number of hydrogen-bond donors (Lipinski definition) is 1. The van der Waals surface area contributed by atoms with Crippen LogP contribution in [0.25, 0.3) is 0 Å². The van der Waals surface area contributed by atoms with Crippen LogP contribution in [0.2, 0.25) is 0 Å². The van der Waals surface area contributed by atoms with E-state index in [0.29, 0.717) is 6.04 Å². The zero-order valence-corrected chi connectivity index (χ0v) is 11.7. The number of thioether (sulfide) groups is 1. The van der Waals surface area contributed by atoms with Crippen LogP contribution in [0.4, 0.5) is 0 Å². The summed E-state index contributed by atoms with van der Waals surface area (Å²) in [6.45, 7) is 3.26. The average molecular weight is 249 g/mol. The van der Waals surface area contributed by atoms with Gasteiger partial charge in [-0.15, -0.1) is 11.8 Å². The quantitative estimate of drug-likeness (QED) is 0.756. The van der Waals surface area contributed by atoms with Crippen LogP contribution >= 0.6 is 11.8 Å². The van der Waals surface area contributed by atoms with Crippen molar-refractivity contribution in [3.63, 3.8) is 0 Å². The first-order valence-electron chi connectivity index (χ1n) is 6.70. The Morgan fingerprint density at radius 3 is 2.47 bits per heavy atom. The summed E-state index contributed by atoms with van der Waals surface area (Å²) in [5.74, 6) is 0.958. The molecule has 1 aliphatic rings. The Morgan fingerprint density at radius 1 is 1.29 bits per heavy atom.